The van der Waals surface area contributed by atoms with Gasteiger partial charge in [-0.1, -0.05) is 0 Å². The number of anilines is 2. The fourth-order valence-electron chi connectivity index (χ4n) is 2.81. The summed E-state index contributed by atoms with van der Waals surface area (Å²) in [6.45, 7) is 0. The summed E-state index contributed by atoms with van der Waals surface area (Å²) in [5.41, 5.74) is 2.33. The molecule has 2 N–H and O–H groups in total. The number of carbonyl (C=O) groups excluding carboxylic acids is 1. The molecular formula is C19H21N3O4. The number of hydrogen-bond donors (Lipinski definition) is 2. The third-order valence-corrected chi connectivity index (χ3v) is 4.07. The van der Waals surface area contributed by atoms with Crippen molar-refractivity contribution in [2.24, 2.45) is 7.05 Å². The van der Waals surface area contributed by atoms with Crippen LogP contribution in [-0.2, 0) is 7.05 Å². The van der Waals surface area contributed by atoms with Crippen molar-refractivity contribution in [3.8, 4) is 17.2 Å². The predicted octanol–water partition coefficient (Wildman–Crippen LogP) is 3.85. The lowest BCUT2D eigenvalue weighted by atomic mass is 10.2. The van der Waals surface area contributed by atoms with Gasteiger partial charge in [-0.05, 0) is 24.3 Å². The molecule has 136 valence electrons. The van der Waals surface area contributed by atoms with Gasteiger partial charge >= 0.3 is 6.03 Å². The van der Waals surface area contributed by atoms with Crippen molar-refractivity contribution in [3.63, 3.8) is 0 Å². The van der Waals surface area contributed by atoms with Crippen LogP contribution in [0.2, 0.25) is 0 Å². The van der Waals surface area contributed by atoms with Crippen LogP contribution in [0.15, 0.2) is 42.6 Å². The molecule has 2 aromatic carbocycles. The van der Waals surface area contributed by atoms with Crippen LogP contribution in [0.5, 0.6) is 17.2 Å². The minimum absolute atomic E-state index is 0.366. The number of ether oxygens (including phenoxy) is 3. The molecule has 0 aliphatic heterocycles. The highest BCUT2D eigenvalue weighted by atomic mass is 16.5. The normalized spacial score (nSPS) is 10.5. The first-order valence-electron chi connectivity index (χ1n) is 7.99. The molecule has 0 atom stereocenters. The Bertz CT molecular complexity index is 924. The van der Waals surface area contributed by atoms with Crippen molar-refractivity contribution in [2.75, 3.05) is 32.0 Å². The van der Waals surface area contributed by atoms with Crippen molar-refractivity contribution in [1.82, 2.24) is 4.57 Å². The van der Waals surface area contributed by atoms with Gasteiger partial charge in [0.15, 0.2) is 11.5 Å². The van der Waals surface area contributed by atoms with Gasteiger partial charge in [-0.25, -0.2) is 4.79 Å². The maximum atomic E-state index is 12.3. The summed E-state index contributed by atoms with van der Waals surface area (Å²) in [5.74, 6) is 1.40. The van der Waals surface area contributed by atoms with E-state index in [4.69, 9.17) is 14.2 Å². The Balaban J connectivity index is 1.78. The first-order chi connectivity index (χ1) is 12.5. The van der Waals surface area contributed by atoms with Crippen LogP contribution in [0.3, 0.4) is 0 Å². The number of rotatable bonds is 5. The molecule has 2 amide bonds. The fraction of sp³-hybridized carbons (Fsp3) is 0.211. The van der Waals surface area contributed by atoms with E-state index in [-0.39, 0.29) is 6.03 Å². The molecule has 0 saturated carbocycles. The van der Waals surface area contributed by atoms with Gasteiger partial charge in [0.1, 0.15) is 0 Å². The van der Waals surface area contributed by atoms with Gasteiger partial charge in [0.2, 0.25) is 5.75 Å². The lowest BCUT2D eigenvalue weighted by Gasteiger charge is -2.15. The van der Waals surface area contributed by atoms with Crippen molar-refractivity contribution in [3.05, 3.63) is 42.6 Å². The van der Waals surface area contributed by atoms with E-state index in [1.165, 1.54) is 21.3 Å². The summed E-state index contributed by atoms with van der Waals surface area (Å²) in [4.78, 5) is 12.3. The van der Waals surface area contributed by atoms with E-state index in [1.54, 1.807) is 12.1 Å². The highest BCUT2D eigenvalue weighted by Crippen LogP contribution is 2.39. The summed E-state index contributed by atoms with van der Waals surface area (Å²) in [7, 11) is 6.55. The molecule has 0 unspecified atom stereocenters. The van der Waals surface area contributed by atoms with Crippen molar-refractivity contribution in [2.45, 2.75) is 0 Å². The van der Waals surface area contributed by atoms with Crippen LogP contribution in [0.25, 0.3) is 10.9 Å². The molecule has 3 rings (SSSR count). The minimum Gasteiger partial charge on any atom is -0.493 e. The highest BCUT2D eigenvalue weighted by Gasteiger charge is 2.14. The summed E-state index contributed by atoms with van der Waals surface area (Å²) in [6.07, 6.45) is 1.98. The summed E-state index contributed by atoms with van der Waals surface area (Å²) < 4.78 is 17.9. The summed E-state index contributed by atoms with van der Waals surface area (Å²) in [5, 5.41) is 6.65. The van der Waals surface area contributed by atoms with Crippen LogP contribution < -0.4 is 24.8 Å². The number of aromatic nitrogens is 1. The topological polar surface area (TPSA) is 73.8 Å². The molecular weight excluding hydrogens is 334 g/mol. The van der Waals surface area contributed by atoms with Crippen LogP contribution in [-0.4, -0.2) is 31.9 Å². The number of benzene rings is 2. The number of methoxy groups -OCH3 is 3. The van der Waals surface area contributed by atoms with E-state index < -0.39 is 0 Å². The zero-order valence-electron chi connectivity index (χ0n) is 15.1. The molecule has 0 fully saturated rings. The predicted molar refractivity (Wildman–Crippen MR) is 102 cm³/mol. The molecule has 1 aromatic heterocycles. The Hall–Kier alpha value is -3.35. The molecule has 26 heavy (non-hydrogen) atoms. The fourth-order valence-corrected chi connectivity index (χ4v) is 2.81. The molecule has 3 aromatic rings. The standard InChI is InChI=1S/C19H21N3O4/c1-22-8-7-12-9-13(5-6-15(12)22)20-19(23)21-14-10-16(24-2)18(26-4)17(11-14)25-3/h5-11H,1-4H3,(H2,20,21,23). The van der Waals surface area contributed by atoms with Crippen molar-refractivity contribution >= 4 is 28.3 Å². The lowest BCUT2D eigenvalue weighted by Crippen LogP contribution is -2.19. The zero-order chi connectivity index (χ0) is 18.7. The quantitative estimate of drug-likeness (QED) is 0.729. The van der Waals surface area contributed by atoms with Crippen molar-refractivity contribution in [1.29, 1.82) is 0 Å². The molecule has 7 heteroatoms. The largest absolute Gasteiger partial charge is 0.493 e. The zero-order valence-corrected chi connectivity index (χ0v) is 15.1. The van der Waals surface area contributed by atoms with E-state index >= 15 is 0 Å². The van der Waals surface area contributed by atoms with Crippen LogP contribution in [0.1, 0.15) is 0 Å². The van der Waals surface area contributed by atoms with Gasteiger partial charge in [-0.3, -0.25) is 0 Å². The second-order valence-corrected chi connectivity index (χ2v) is 5.69. The lowest BCUT2D eigenvalue weighted by molar-refractivity contribution is 0.262. The number of aryl methyl sites for hydroxylation is 1. The Morgan fingerprint density at radius 1 is 0.885 bits per heavy atom. The Kier molecular flexibility index (Phi) is 4.88. The van der Waals surface area contributed by atoms with E-state index in [0.717, 1.165) is 10.9 Å². The number of urea groups is 1. The average Bonchev–Trinajstić information content (AvgIpc) is 3.01. The van der Waals surface area contributed by atoms with Gasteiger partial charge in [0.05, 0.1) is 27.0 Å². The highest BCUT2D eigenvalue weighted by molar-refractivity contribution is 6.01. The van der Waals surface area contributed by atoms with Gasteiger partial charge in [0, 0.05) is 42.0 Å². The first kappa shape index (κ1) is 17.5. The third kappa shape index (κ3) is 3.37. The number of nitrogens with one attached hydrogen (secondary N) is 2. The Morgan fingerprint density at radius 2 is 1.54 bits per heavy atom. The molecule has 0 aliphatic rings. The van der Waals surface area contributed by atoms with Gasteiger partial charge < -0.3 is 29.4 Å². The number of carbonyl (C=O) groups is 1. The Morgan fingerprint density at radius 3 is 2.15 bits per heavy atom. The monoisotopic (exact) mass is 355 g/mol. The van der Waals surface area contributed by atoms with Crippen LogP contribution in [0.4, 0.5) is 16.2 Å². The minimum atomic E-state index is -0.366. The third-order valence-electron chi connectivity index (χ3n) is 4.07. The van der Waals surface area contributed by atoms with Crippen LogP contribution >= 0.6 is 0 Å². The molecule has 0 spiro atoms. The number of nitrogens with zero attached hydrogens (tertiary/aromatic N) is 1. The molecule has 0 bridgehead atoms. The molecule has 0 aliphatic carbocycles. The van der Waals surface area contributed by atoms with E-state index in [9.17, 15) is 4.79 Å². The Labute approximate surface area is 151 Å². The summed E-state index contributed by atoms with van der Waals surface area (Å²) >= 11 is 0. The maximum Gasteiger partial charge on any atom is 0.323 e. The first-order valence-corrected chi connectivity index (χ1v) is 7.99. The smallest absolute Gasteiger partial charge is 0.323 e. The van der Waals surface area contributed by atoms with E-state index in [2.05, 4.69) is 10.6 Å². The second kappa shape index (κ2) is 7.26. The second-order valence-electron chi connectivity index (χ2n) is 5.69. The molecule has 0 radical (unpaired) electrons. The summed E-state index contributed by atoms with van der Waals surface area (Å²) in [6, 6.07) is 10.7. The number of hydrogen-bond acceptors (Lipinski definition) is 4. The van der Waals surface area contributed by atoms with Crippen LogP contribution in [0, 0.1) is 0 Å². The van der Waals surface area contributed by atoms with E-state index in [0.29, 0.717) is 28.6 Å². The van der Waals surface area contributed by atoms with E-state index in [1.807, 2.05) is 42.1 Å². The number of fused-ring (bicyclic) bond motifs is 1. The number of amides is 2. The van der Waals surface area contributed by atoms with Crippen molar-refractivity contribution < 1.29 is 19.0 Å². The molecule has 7 nitrogen and oxygen atoms in total. The SMILES string of the molecule is COc1cc(NC(=O)Nc2ccc3c(ccn3C)c2)cc(OC)c1OC. The van der Waals surface area contributed by atoms with Gasteiger partial charge in [-0.15, -0.1) is 0 Å². The van der Waals surface area contributed by atoms with Gasteiger partial charge in [0.25, 0.3) is 0 Å². The molecule has 1 heterocycles. The molecule has 0 saturated heterocycles. The average molecular weight is 355 g/mol. The van der Waals surface area contributed by atoms with Gasteiger partial charge in [-0.2, -0.15) is 0 Å². The maximum absolute atomic E-state index is 12.3.